The Hall–Kier alpha value is -1.49. The van der Waals surface area contributed by atoms with E-state index in [1.165, 1.54) is 0 Å². The monoisotopic (exact) mass is 327 g/mol. The van der Waals surface area contributed by atoms with Crippen LogP contribution in [0.5, 0.6) is 0 Å². The van der Waals surface area contributed by atoms with Gasteiger partial charge >= 0.3 is 0 Å². The van der Waals surface area contributed by atoms with Crippen LogP contribution in [-0.4, -0.2) is 17.6 Å². The van der Waals surface area contributed by atoms with Crippen molar-refractivity contribution in [1.29, 1.82) is 0 Å². The number of carbonyl (C=O) groups excluding carboxylic acids is 1. The van der Waals surface area contributed by atoms with E-state index in [0.717, 1.165) is 5.76 Å². The van der Waals surface area contributed by atoms with Crippen LogP contribution in [-0.2, 0) is 11.2 Å². The Morgan fingerprint density at radius 2 is 2.14 bits per heavy atom. The molecule has 0 unspecified atom stereocenters. The summed E-state index contributed by atoms with van der Waals surface area (Å²) in [6.45, 7) is 0.0956. The van der Waals surface area contributed by atoms with Crippen molar-refractivity contribution >= 4 is 29.1 Å². The maximum Gasteiger partial charge on any atom is 0.220 e. The van der Waals surface area contributed by atoms with Crippen molar-refractivity contribution in [2.45, 2.75) is 18.9 Å². The summed E-state index contributed by atoms with van der Waals surface area (Å²) < 4.78 is 5.15. The van der Waals surface area contributed by atoms with Crippen LogP contribution in [0.2, 0.25) is 10.0 Å². The second-order valence-corrected chi connectivity index (χ2v) is 5.41. The zero-order valence-corrected chi connectivity index (χ0v) is 12.7. The zero-order chi connectivity index (χ0) is 15.2. The molecular formula is C15H15Cl2NO3. The number of rotatable bonds is 6. The second-order valence-electron chi connectivity index (χ2n) is 4.57. The van der Waals surface area contributed by atoms with E-state index in [1.54, 1.807) is 30.5 Å². The van der Waals surface area contributed by atoms with Crippen LogP contribution in [0.25, 0.3) is 0 Å². The van der Waals surface area contributed by atoms with Gasteiger partial charge in [0.2, 0.25) is 5.91 Å². The largest absolute Gasteiger partial charge is 0.469 e. The molecular weight excluding hydrogens is 313 g/mol. The van der Waals surface area contributed by atoms with Crippen molar-refractivity contribution in [3.8, 4) is 0 Å². The highest BCUT2D eigenvalue weighted by atomic mass is 35.5. The fraction of sp³-hybridized carbons (Fsp3) is 0.267. The van der Waals surface area contributed by atoms with Crippen LogP contribution >= 0.6 is 23.2 Å². The number of aryl methyl sites for hydroxylation is 1. The fourth-order valence-electron chi connectivity index (χ4n) is 1.87. The molecule has 0 bridgehead atoms. The van der Waals surface area contributed by atoms with E-state index >= 15 is 0 Å². The normalized spacial score (nSPS) is 12.1. The summed E-state index contributed by atoms with van der Waals surface area (Å²) in [5.74, 6) is 0.599. The van der Waals surface area contributed by atoms with Gasteiger partial charge in [0.05, 0.1) is 12.4 Å². The number of carbonyl (C=O) groups is 1. The number of aliphatic hydroxyl groups is 1. The van der Waals surface area contributed by atoms with Crippen molar-refractivity contribution in [3.05, 3.63) is 58.0 Å². The molecule has 2 N–H and O–H groups in total. The average Bonchev–Trinajstić information content (AvgIpc) is 2.95. The predicted octanol–water partition coefficient (Wildman–Crippen LogP) is 3.37. The van der Waals surface area contributed by atoms with Crippen LogP contribution in [0.1, 0.15) is 23.8 Å². The summed E-state index contributed by atoms with van der Waals surface area (Å²) in [7, 11) is 0. The Balaban J connectivity index is 1.80. The van der Waals surface area contributed by atoms with Gasteiger partial charge in [-0.3, -0.25) is 4.79 Å². The van der Waals surface area contributed by atoms with Crippen LogP contribution in [0.4, 0.5) is 0 Å². The molecule has 112 valence electrons. The minimum absolute atomic E-state index is 0.0956. The van der Waals surface area contributed by atoms with Gasteiger partial charge in [0, 0.05) is 35.0 Å². The first-order chi connectivity index (χ1) is 10.1. The Morgan fingerprint density at radius 3 is 2.81 bits per heavy atom. The van der Waals surface area contributed by atoms with Crippen molar-refractivity contribution in [1.82, 2.24) is 5.32 Å². The molecule has 0 aliphatic heterocycles. The van der Waals surface area contributed by atoms with Gasteiger partial charge in [0.25, 0.3) is 0 Å². The lowest BCUT2D eigenvalue weighted by atomic mass is 10.1. The summed E-state index contributed by atoms with van der Waals surface area (Å²) in [5, 5.41) is 13.6. The molecule has 1 amide bonds. The molecule has 0 aliphatic carbocycles. The van der Waals surface area contributed by atoms with Gasteiger partial charge in [-0.25, -0.2) is 0 Å². The van der Waals surface area contributed by atoms with E-state index in [9.17, 15) is 9.90 Å². The van der Waals surface area contributed by atoms with E-state index < -0.39 is 6.10 Å². The van der Waals surface area contributed by atoms with E-state index in [1.807, 2.05) is 6.07 Å². The molecule has 0 fully saturated rings. The first-order valence-electron chi connectivity index (χ1n) is 6.48. The Kier molecular flexibility index (Phi) is 5.67. The van der Waals surface area contributed by atoms with Crippen molar-refractivity contribution in [2.75, 3.05) is 6.54 Å². The number of hydrogen-bond acceptors (Lipinski definition) is 3. The molecule has 0 spiro atoms. The van der Waals surface area contributed by atoms with Gasteiger partial charge in [0.1, 0.15) is 5.76 Å². The first kappa shape index (κ1) is 15.9. The second kappa shape index (κ2) is 7.50. The lowest BCUT2D eigenvalue weighted by Crippen LogP contribution is -2.28. The molecule has 1 aromatic carbocycles. The molecule has 21 heavy (non-hydrogen) atoms. The highest BCUT2D eigenvalue weighted by Crippen LogP contribution is 2.25. The average molecular weight is 328 g/mol. The van der Waals surface area contributed by atoms with Crippen molar-refractivity contribution in [3.63, 3.8) is 0 Å². The summed E-state index contributed by atoms with van der Waals surface area (Å²) >= 11 is 11.8. The number of halogens is 2. The topological polar surface area (TPSA) is 62.5 Å². The van der Waals surface area contributed by atoms with E-state index in [4.69, 9.17) is 27.6 Å². The zero-order valence-electron chi connectivity index (χ0n) is 11.2. The Bertz CT molecular complexity index is 599. The molecule has 1 aromatic heterocycles. The number of amides is 1. The lowest BCUT2D eigenvalue weighted by Gasteiger charge is -2.14. The number of nitrogens with one attached hydrogen (secondary N) is 1. The van der Waals surface area contributed by atoms with Crippen molar-refractivity contribution in [2.24, 2.45) is 0 Å². The van der Waals surface area contributed by atoms with E-state index in [2.05, 4.69) is 5.32 Å². The highest BCUT2D eigenvalue weighted by molar-refractivity contribution is 6.35. The number of aliphatic hydroxyl groups excluding tert-OH is 1. The summed E-state index contributed by atoms with van der Waals surface area (Å²) in [5.41, 5.74) is 0.535. The van der Waals surface area contributed by atoms with Gasteiger partial charge in [-0.15, -0.1) is 0 Å². The molecule has 2 rings (SSSR count). The fourth-order valence-corrected chi connectivity index (χ4v) is 2.41. The van der Waals surface area contributed by atoms with E-state index in [0.29, 0.717) is 28.5 Å². The molecule has 0 saturated carbocycles. The maximum absolute atomic E-state index is 11.7. The number of furan rings is 1. The molecule has 1 heterocycles. The van der Waals surface area contributed by atoms with Crippen LogP contribution in [0, 0.1) is 0 Å². The Labute approximate surface area is 132 Å². The molecule has 0 radical (unpaired) electrons. The third-order valence-corrected chi connectivity index (χ3v) is 3.56. The molecule has 0 aliphatic rings. The van der Waals surface area contributed by atoms with Crippen LogP contribution < -0.4 is 5.32 Å². The van der Waals surface area contributed by atoms with Gasteiger partial charge in [-0.2, -0.15) is 0 Å². The van der Waals surface area contributed by atoms with Crippen LogP contribution in [0.3, 0.4) is 0 Å². The maximum atomic E-state index is 11.7. The van der Waals surface area contributed by atoms with E-state index in [-0.39, 0.29) is 12.5 Å². The molecule has 6 heteroatoms. The third-order valence-electron chi connectivity index (χ3n) is 2.99. The minimum Gasteiger partial charge on any atom is -0.469 e. The lowest BCUT2D eigenvalue weighted by molar-refractivity contribution is -0.121. The molecule has 0 saturated heterocycles. The number of benzene rings is 1. The third kappa shape index (κ3) is 4.77. The van der Waals surface area contributed by atoms with Gasteiger partial charge in [0.15, 0.2) is 0 Å². The highest BCUT2D eigenvalue weighted by Gasteiger charge is 2.13. The quantitative estimate of drug-likeness (QED) is 0.855. The number of hydrogen-bond donors (Lipinski definition) is 2. The summed E-state index contributed by atoms with van der Waals surface area (Å²) in [6, 6.07) is 8.44. The van der Waals surface area contributed by atoms with Crippen molar-refractivity contribution < 1.29 is 14.3 Å². The minimum atomic E-state index is -0.873. The SMILES string of the molecule is O=C(CCc1ccco1)NC[C@H](O)c1ccc(Cl)cc1Cl. The smallest absolute Gasteiger partial charge is 0.220 e. The van der Waals surface area contributed by atoms with Gasteiger partial charge in [-0.1, -0.05) is 29.3 Å². The molecule has 1 atom stereocenters. The Morgan fingerprint density at radius 1 is 1.33 bits per heavy atom. The first-order valence-corrected chi connectivity index (χ1v) is 7.24. The molecule has 2 aromatic rings. The predicted molar refractivity (Wildman–Crippen MR) is 81.5 cm³/mol. The molecule has 4 nitrogen and oxygen atoms in total. The standard InChI is InChI=1S/C15H15Cl2NO3/c16-10-3-5-12(13(17)8-10)14(19)9-18-15(20)6-4-11-2-1-7-21-11/h1-3,5,7-8,14,19H,4,6,9H2,(H,18,20)/t14-/m0/s1. The van der Waals surface area contributed by atoms with Crippen LogP contribution in [0.15, 0.2) is 41.0 Å². The summed E-state index contributed by atoms with van der Waals surface area (Å²) in [4.78, 5) is 11.7. The van der Waals surface area contributed by atoms with Gasteiger partial charge < -0.3 is 14.8 Å². The van der Waals surface area contributed by atoms with Gasteiger partial charge in [-0.05, 0) is 24.3 Å². The summed E-state index contributed by atoms with van der Waals surface area (Å²) in [6.07, 6.45) is 1.52.